The number of aromatic nitrogens is 1. The Morgan fingerprint density at radius 2 is 1.95 bits per heavy atom. The predicted octanol–water partition coefficient (Wildman–Crippen LogP) is 2.30. The zero-order chi connectivity index (χ0) is 14.4. The molecule has 20 heavy (non-hydrogen) atoms. The number of benzene rings is 1. The molecule has 0 radical (unpaired) electrons. The lowest BCUT2D eigenvalue weighted by atomic mass is 10.1. The smallest absolute Gasteiger partial charge is 0.337 e. The van der Waals surface area contributed by atoms with E-state index in [-0.39, 0.29) is 12.2 Å². The van der Waals surface area contributed by atoms with E-state index < -0.39 is 5.97 Å². The molecule has 0 saturated heterocycles. The van der Waals surface area contributed by atoms with Crippen LogP contribution in [0.1, 0.15) is 28.8 Å². The molecule has 1 heterocycles. The quantitative estimate of drug-likeness (QED) is 0.661. The van der Waals surface area contributed by atoms with Crippen molar-refractivity contribution in [1.82, 2.24) is 4.57 Å². The Hall–Kier alpha value is -2.51. The Bertz CT molecular complexity index is 648. The monoisotopic (exact) mass is 269 g/mol. The van der Waals surface area contributed by atoms with Crippen molar-refractivity contribution in [1.29, 1.82) is 0 Å². The summed E-state index contributed by atoms with van der Waals surface area (Å²) in [6.07, 6.45) is 4.78. The maximum absolute atomic E-state index is 11.4. The van der Waals surface area contributed by atoms with Crippen LogP contribution < -0.4 is 0 Å². The number of carboxylic acids is 1. The standard InChI is InChI=1S/C16H15NO3/c18-12-5-1-2-7-13-8-6-9-14(16(19)20)15(13)17-10-3-4-11-17/h3-4,6,8-11,18H,1,5,12H2,(H,19,20). The van der Waals surface area contributed by atoms with Gasteiger partial charge in [0.15, 0.2) is 0 Å². The van der Waals surface area contributed by atoms with Gasteiger partial charge in [-0.15, -0.1) is 0 Å². The van der Waals surface area contributed by atoms with Gasteiger partial charge in [0.2, 0.25) is 0 Å². The summed E-state index contributed by atoms with van der Waals surface area (Å²) >= 11 is 0. The molecule has 0 aliphatic rings. The van der Waals surface area contributed by atoms with E-state index >= 15 is 0 Å². The van der Waals surface area contributed by atoms with Crippen molar-refractivity contribution < 1.29 is 15.0 Å². The summed E-state index contributed by atoms with van der Waals surface area (Å²) in [5.41, 5.74) is 1.45. The first-order valence-corrected chi connectivity index (χ1v) is 6.33. The zero-order valence-electron chi connectivity index (χ0n) is 10.9. The van der Waals surface area contributed by atoms with Crippen LogP contribution in [0.5, 0.6) is 0 Å². The topological polar surface area (TPSA) is 62.5 Å². The molecule has 0 bridgehead atoms. The molecule has 2 aromatic rings. The summed E-state index contributed by atoms with van der Waals surface area (Å²) < 4.78 is 1.75. The number of carboxylic acid groups (broad SMARTS) is 1. The minimum Gasteiger partial charge on any atom is -0.478 e. The van der Waals surface area contributed by atoms with Gasteiger partial charge in [0.1, 0.15) is 0 Å². The van der Waals surface area contributed by atoms with Crippen molar-refractivity contribution in [2.45, 2.75) is 12.8 Å². The van der Waals surface area contributed by atoms with E-state index in [2.05, 4.69) is 11.8 Å². The molecule has 0 aliphatic heterocycles. The molecule has 0 amide bonds. The zero-order valence-corrected chi connectivity index (χ0v) is 10.9. The number of aromatic carboxylic acids is 1. The Morgan fingerprint density at radius 1 is 1.20 bits per heavy atom. The van der Waals surface area contributed by atoms with E-state index in [0.717, 1.165) is 0 Å². The second kappa shape index (κ2) is 6.60. The van der Waals surface area contributed by atoms with Crippen LogP contribution in [-0.4, -0.2) is 27.4 Å². The van der Waals surface area contributed by atoms with Gasteiger partial charge in [-0.05, 0) is 30.7 Å². The van der Waals surface area contributed by atoms with Crippen LogP contribution in [0, 0.1) is 11.8 Å². The van der Waals surface area contributed by atoms with E-state index in [0.29, 0.717) is 24.1 Å². The van der Waals surface area contributed by atoms with E-state index in [1.54, 1.807) is 35.2 Å². The molecule has 102 valence electrons. The van der Waals surface area contributed by atoms with E-state index in [1.165, 1.54) is 0 Å². The average molecular weight is 269 g/mol. The third-order valence-corrected chi connectivity index (χ3v) is 2.81. The Kier molecular flexibility index (Phi) is 4.59. The van der Waals surface area contributed by atoms with Crippen LogP contribution in [0.15, 0.2) is 42.7 Å². The molecule has 0 aliphatic carbocycles. The highest BCUT2D eigenvalue weighted by Crippen LogP contribution is 2.20. The van der Waals surface area contributed by atoms with Crippen LogP contribution in [0.2, 0.25) is 0 Å². The minimum atomic E-state index is -0.979. The van der Waals surface area contributed by atoms with Gasteiger partial charge in [0, 0.05) is 31.0 Å². The van der Waals surface area contributed by atoms with E-state index in [9.17, 15) is 9.90 Å². The summed E-state index contributed by atoms with van der Waals surface area (Å²) in [5.74, 6) is 4.96. The number of para-hydroxylation sites is 1. The lowest BCUT2D eigenvalue weighted by molar-refractivity contribution is 0.0697. The van der Waals surface area contributed by atoms with E-state index in [1.807, 2.05) is 12.1 Å². The normalized spacial score (nSPS) is 9.85. The molecular formula is C16H15NO3. The number of hydrogen-bond donors (Lipinski definition) is 2. The van der Waals surface area contributed by atoms with Crippen LogP contribution in [0.25, 0.3) is 5.69 Å². The third kappa shape index (κ3) is 3.08. The highest BCUT2D eigenvalue weighted by atomic mass is 16.4. The van der Waals surface area contributed by atoms with Gasteiger partial charge in [0.25, 0.3) is 0 Å². The van der Waals surface area contributed by atoms with Gasteiger partial charge in [-0.2, -0.15) is 0 Å². The number of carbonyl (C=O) groups is 1. The largest absolute Gasteiger partial charge is 0.478 e. The maximum Gasteiger partial charge on any atom is 0.337 e. The molecule has 4 heteroatoms. The molecule has 2 rings (SSSR count). The van der Waals surface area contributed by atoms with Gasteiger partial charge in [0.05, 0.1) is 11.3 Å². The average Bonchev–Trinajstić information content (AvgIpc) is 2.97. The van der Waals surface area contributed by atoms with Crippen LogP contribution in [-0.2, 0) is 0 Å². The molecule has 4 nitrogen and oxygen atoms in total. The lowest BCUT2D eigenvalue weighted by Gasteiger charge is -2.10. The SMILES string of the molecule is O=C(O)c1cccc(C#CCCCO)c1-n1cccc1. The second-order valence-electron chi connectivity index (χ2n) is 4.23. The van der Waals surface area contributed by atoms with Gasteiger partial charge in [-0.1, -0.05) is 17.9 Å². The van der Waals surface area contributed by atoms with Crippen molar-refractivity contribution in [3.63, 3.8) is 0 Å². The van der Waals surface area contributed by atoms with E-state index in [4.69, 9.17) is 5.11 Å². The maximum atomic E-state index is 11.4. The first-order valence-electron chi connectivity index (χ1n) is 6.33. The fraction of sp³-hybridized carbons (Fsp3) is 0.188. The van der Waals surface area contributed by atoms with Crippen molar-refractivity contribution in [2.75, 3.05) is 6.61 Å². The molecule has 0 fully saturated rings. The molecule has 0 saturated carbocycles. The summed E-state index contributed by atoms with van der Waals surface area (Å²) in [4.78, 5) is 11.4. The summed E-state index contributed by atoms with van der Waals surface area (Å²) in [6, 6.07) is 8.72. The molecule has 1 aromatic heterocycles. The lowest BCUT2D eigenvalue weighted by Crippen LogP contribution is -2.06. The Labute approximate surface area is 117 Å². The van der Waals surface area contributed by atoms with Crippen molar-refractivity contribution in [3.8, 4) is 17.5 Å². The highest BCUT2D eigenvalue weighted by Gasteiger charge is 2.14. The van der Waals surface area contributed by atoms with Crippen molar-refractivity contribution in [3.05, 3.63) is 53.9 Å². The number of nitrogens with zero attached hydrogens (tertiary/aromatic N) is 1. The van der Waals surface area contributed by atoms with Gasteiger partial charge in [-0.3, -0.25) is 0 Å². The highest BCUT2D eigenvalue weighted by molar-refractivity contribution is 5.93. The van der Waals surface area contributed by atoms with Crippen molar-refractivity contribution in [2.24, 2.45) is 0 Å². The summed E-state index contributed by atoms with van der Waals surface area (Å²) in [7, 11) is 0. The minimum absolute atomic E-state index is 0.105. The number of rotatable bonds is 4. The molecule has 1 aromatic carbocycles. The van der Waals surface area contributed by atoms with Crippen molar-refractivity contribution >= 4 is 5.97 Å². The first-order chi connectivity index (χ1) is 9.74. The van der Waals surface area contributed by atoms with Gasteiger partial charge >= 0.3 is 5.97 Å². The molecule has 2 N–H and O–H groups in total. The van der Waals surface area contributed by atoms with Crippen LogP contribution >= 0.6 is 0 Å². The Balaban J connectivity index is 2.48. The summed E-state index contributed by atoms with van der Waals surface area (Å²) in [6.45, 7) is 0.105. The third-order valence-electron chi connectivity index (χ3n) is 2.81. The molecule has 0 unspecified atom stereocenters. The second-order valence-corrected chi connectivity index (χ2v) is 4.23. The fourth-order valence-electron chi connectivity index (χ4n) is 1.90. The Morgan fingerprint density at radius 3 is 2.60 bits per heavy atom. The molecular weight excluding hydrogens is 254 g/mol. The van der Waals surface area contributed by atoms with Gasteiger partial charge in [-0.25, -0.2) is 4.79 Å². The van der Waals surface area contributed by atoms with Gasteiger partial charge < -0.3 is 14.8 Å². The van der Waals surface area contributed by atoms with Crippen LogP contribution in [0.3, 0.4) is 0 Å². The first kappa shape index (κ1) is 13.9. The van der Waals surface area contributed by atoms with Crippen LogP contribution in [0.4, 0.5) is 0 Å². The fourth-order valence-corrected chi connectivity index (χ4v) is 1.90. The molecule has 0 atom stereocenters. The number of unbranched alkanes of at least 4 members (excludes halogenated alkanes) is 1. The number of hydrogen-bond acceptors (Lipinski definition) is 2. The molecule has 0 spiro atoms. The summed E-state index contributed by atoms with van der Waals surface area (Å²) in [5, 5.41) is 18.0. The number of aliphatic hydroxyl groups excluding tert-OH is 1. The predicted molar refractivity (Wildman–Crippen MR) is 75.9 cm³/mol. The number of aliphatic hydroxyl groups is 1.